The number of anilines is 1. The van der Waals surface area contributed by atoms with E-state index < -0.39 is 0 Å². The zero-order valence-electron chi connectivity index (χ0n) is 30.8. The van der Waals surface area contributed by atoms with Crippen molar-refractivity contribution in [2.45, 2.75) is 135 Å². The second-order valence-electron chi connectivity index (χ2n) is 14.9. The number of hydrogen-bond acceptors (Lipinski definition) is 1. The molecular weight excluding hydrogens is 727 g/mol. The summed E-state index contributed by atoms with van der Waals surface area (Å²) in [7, 11) is -0.120. The molecule has 4 heteroatoms. The summed E-state index contributed by atoms with van der Waals surface area (Å²) in [6.07, 6.45) is 14.6. The van der Waals surface area contributed by atoms with E-state index >= 15 is 0 Å². The molecule has 1 nitrogen and oxygen atoms in total. The second kappa shape index (κ2) is 20.2. The zero-order valence-corrected chi connectivity index (χ0v) is 34.0. The number of hydrogen-bond donors (Lipinski definition) is 1. The van der Waals surface area contributed by atoms with Gasteiger partial charge in [-0.2, -0.15) is 0 Å². The van der Waals surface area contributed by atoms with Gasteiger partial charge in [-0.15, -0.1) is 35.9 Å². The second-order valence-corrected chi connectivity index (χ2v) is 17.7. The third kappa shape index (κ3) is 10.6. The van der Waals surface area contributed by atoms with Crippen molar-refractivity contribution in [3.05, 3.63) is 108 Å². The van der Waals surface area contributed by atoms with E-state index in [2.05, 4.69) is 84.0 Å². The Bertz CT molecular complexity index is 1510. The molecule has 0 atom stereocenters. The molecule has 0 bridgehead atoms. The van der Waals surface area contributed by atoms with Crippen molar-refractivity contribution >= 4 is 18.9 Å². The molecule has 0 saturated heterocycles. The Morgan fingerprint density at radius 2 is 1.10 bits per heavy atom. The summed E-state index contributed by atoms with van der Waals surface area (Å²) in [6.45, 7) is 14.3. The summed E-state index contributed by atoms with van der Waals surface area (Å²) in [5.74, 6) is 1.64. The van der Waals surface area contributed by atoms with Gasteiger partial charge in [-0.3, -0.25) is 0 Å². The summed E-state index contributed by atoms with van der Waals surface area (Å²) in [4.78, 5) is 0. The van der Waals surface area contributed by atoms with Gasteiger partial charge in [-0.25, -0.2) is 0 Å². The minimum absolute atomic E-state index is 0. The number of para-hydroxylation sites is 1. The molecule has 0 amide bonds. The summed E-state index contributed by atoms with van der Waals surface area (Å²) in [5, 5.41) is 1.75. The molecule has 2 N–H and O–H groups in total. The van der Waals surface area contributed by atoms with Crippen LogP contribution in [-0.2, 0) is 20.4 Å². The van der Waals surface area contributed by atoms with Crippen LogP contribution in [0.2, 0.25) is 0 Å². The fraction of sp³-hybridized carbons (Fsp3) is 0.467. The predicted octanol–water partition coefficient (Wildman–Crippen LogP) is 10.2. The topological polar surface area (TPSA) is 26.0 Å². The molecule has 0 heterocycles. The fourth-order valence-corrected chi connectivity index (χ4v) is 11.8. The molecule has 0 spiro atoms. The van der Waals surface area contributed by atoms with Crippen LogP contribution in [0.4, 0.5) is 5.69 Å². The molecule has 49 heavy (non-hydrogen) atoms. The van der Waals surface area contributed by atoms with E-state index in [9.17, 15) is 0 Å². The molecule has 2 aliphatic rings. The SMILES string of the molecule is CC(C)c1cc(C(C)C)c(-c2ccccc2P(C2CCCCC2)C2CCCCC2)c(C(C)C)c1.Nc1ccccc1-c1[c-]cccc1.[Cl-].[Pd+2]. The van der Waals surface area contributed by atoms with Crippen LogP contribution in [-0.4, -0.2) is 11.3 Å². The Kier molecular flexibility index (Phi) is 17.1. The predicted molar refractivity (Wildman–Crippen MR) is 210 cm³/mol. The summed E-state index contributed by atoms with van der Waals surface area (Å²) < 4.78 is 0. The van der Waals surface area contributed by atoms with E-state index in [0.29, 0.717) is 17.8 Å². The van der Waals surface area contributed by atoms with Crippen molar-refractivity contribution < 1.29 is 32.8 Å². The van der Waals surface area contributed by atoms with Gasteiger partial charge in [0.1, 0.15) is 0 Å². The first-order valence-electron chi connectivity index (χ1n) is 18.6. The standard InChI is InChI=1S/C33H49P.C12H10N.ClH.Pd/c1-23(2)26-21-30(24(3)4)33(31(22-26)25(5)6)29-19-13-14-20-32(29)34(27-15-9-7-10-16-27)28-17-11-8-12-18-28;13-12-9-5-4-8-11(12)10-6-2-1-3-7-10;;/h13-14,19-25,27-28H,7-12,15-18H2,1-6H3;1-6,8-9H,13H2;1H;/q;-1;;+2/p-1. The molecular formula is C45H59ClNPPd. The number of halogens is 1. The summed E-state index contributed by atoms with van der Waals surface area (Å²) in [6, 6.07) is 33.6. The van der Waals surface area contributed by atoms with E-state index in [0.717, 1.165) is 28.1 Å². The van der Waals surface area contributed by atoms with Gasteiger partial charge < -0.3 is 18.1 Å². The van der Waals surface area contributed by atoms with Crippen molar-refractivity contribution in [3.8, 4) is 22.3 Å². The van der Waals surface area contributed by atoms with Gasteiger partial charge in [0.25, 0.3) is 0 Å². The molecule has 4 aromatic carbocycles. The quantitative estimate of drug-likeness (QED) is 0.0819. The van der Waals surface area contributed by atoms with Crippen LogP contribution in [0.3, 0.4) is 0 Å². The largest absolute Gasteiger partial charge is 2.00 e. The van der Waals surface area contributed by atoms with Gasteiger partial charge in [-0.05, 0) is 99.6 Å². The summed E-state index contributed by atoms with van der Waals surface area (Å²) in [5.41, 5.74) is 18.4. The molecule has 0 aromatic heterocycles. The molecule has 4 aromatic rings. The van der Waals surface area contributed by atoms with E-state index in [-0.39, 0.29) is 40.8 Å². The Hall–Kier alpha value is -1.94. The normalized spacial score (nSPS) is 15.5. The molecule has 0 aliphatic heterocycles. The van der Waals surface area contributed by atoms with Crippen molar-refractivity contribution in [1.82, 2.24) is 0 Å². The van der Waals surface area contributed by atoms with E-state index in [1.165, 1.54) is 69.8 Å². The minimum atomic E-state index is -0.120. The van der Waals surface area contributed by atoms with Crippen LogP contribution in [0.5, 0.6) is 0 Å². The van der Waals surface area contributed by atoms with E-state index in [1.807, 2.05) is 48.5 Å². The fourth-order valence-electron chi connectivity index (χ4n) is 7.89. The summed E-state index contributed by atoms with van der Waals surface area (Å²) >= 11 is 0. The maximum atomic E-state index is 5.83. The van der Waals surface area contributed by atoms with E-state index in [1.54, 1.807) is 27.6 Å². The van der Waals surface area contributed by atoms with Gasteiger partial charge >= 0.3 is 20.4 Å². The Morgan fingerprint density at radius 3 is 1.57 bits per heavy atom. The monoisotopic (exact) mass is 785 g/mol. The number of benzene rings is 4. The molecule has 2 aliphatic carbocycles. The third-order valence-electron chi connectivity index (χ3n) is 10.5. The molecule has 6 rings (SSSR count). The third-order valence-corrected chi connectivity index (χ3v) is 14.0. The number of nitrogen functional groups attached to an aromatic ring is 1. The molecule has 266 valence electrons. The van der Waals surface area contributed by atoms with Gasteiger partial charge in [0, 0.05) is 0 Å². The molecule has 0 radical (unpaired) electrons. The number of rotatable bonds is 8. The molecule has 0 unspecified atom stereocenters. The van der Waals surface area contributed by atoms with Crippen LogP contribution in [0.15, 0.2) is 84.9 Å². The van der Waals surface area contributed by atoms with Crippen LogP contribution in [0.25, 0.3) is 22.3 Å². The smallest absolute Gasteiger partial charge is 1.00 e. The van der Waals surface area contributed by atoms with Gasteiger partial charge in [-0.1, -0.05) is 148 Å². The van der Waals surface area contributed by atoms with Gasteiger partial charge in [0.15, 0.2) is 0 Å². The zero-order chi connectivity index (χ0) is 33.3. The van der Waals surface area contributed by atoms with Crippen molar-refractivity contribution in [1.29, 1.82) is 0 Å². The Morgan fingerprint density at radius 1 is 0.612 bits per heavy atom. The maximum Gasteiger partial charge on any atom is 2.00 e. The first kappa shape index (κ1) is 41.5. The van der Waals surface area contributed by atoms with Gasteiger partial charge in [0.05, 0.1) is 0 Å². The van der Waals surface area contributed by atoms with Gasteiger partial charge in [0.2, 0.25) is 0 Å². The minimum Gasteiger partial charge on any atom is -1.00 e. The first-order chi connectivity index (χ1) is 22.8. The average molecular weight is 787 g/mol. The maximum absolute atomic E-state index is 5.83. The van der Waals surface area contributed by atoms with Crippen LogP contribution < -0.4 is 23.4 Å². The Labute approximate surface area is 320 Å². The van der Waals surface area contributed by atoms with E-state index in [4.69, 9.17) is 5.73 Å². The molecule has 2 fully saturated rings. The van der Waals surface area contributed by atoms with Crippen molar-refractivity contribution in [2.24, 2.45) is 0 Å². The first-order valence-corrected chi connectivity index (χ1v) is 20.1. The van der Waals surface area contributed by atoms with Crippen molar-refractivity contribution in [2.75, 3.05) is 5.73 Å². The number of nitrogens with two attached hydrogens (primary N) is 1. The van der Waals surface area contributed by atoms with Crippen molar-refractivity contribution in [3.63, 3.8) is 0 Å². The van der Waals surface area contributed by atoms with Crippen LogP contribution in [0, 0.1) is 6.07 Å². The van der Waals surface area contributed by atoms with Crippen LogP contribution in [0.1, 0.15) is 140 Å². The Balaban J connectivity index is 0.000000364. The van der Waals surface area contributed by atoms with Crippen LogP contribution >= 0.6 is 7.92 Å². The average Bonchev–Trinajstić information content (AvgIpc) is 3.10. The molecule has 2 saturated carbocycles.